The maximum absolute atomic E-state index is 15.3. The van der Waals surface area contributed by atoms with E-state index in [9.17, 15) is 14.3 Å². The Labute approximate surface area is 217 Å². The first-order valence-electron chi connectivity index (χ1n) is 12.2. The van der Waals surface area contributed by atoms with Crippen LogP contribution in [0.1, 0.15) is 34.3 Å². The molecule has 0 aliphatic carbocycles. The van der Waals surface area contributed by atoms with Gasteiger partial charge >= 0.3 is 0 Å². The lowest BCUT2D eigenvalue weighted by Gasteiger charge is -2.29. The van der Waals surface area contributed by atoms with E-state index in [1.807, 2.05) is 0 Å². The highest BCUT2D eigenvalue weighted by atomic mass is 19.1. The van der Waals surface area contributed by atoms with Crippen molar-refractivity contribution >= 4 is 22.5 Å². The van der Waals surface area contributed by atoms with E-state index in [1.165, 1.54) is 43.8 Å². The second-order valence-corrected chi connectivity index (χ2v) is 9.14. The van der Waals surface area contributed by atoms with E-state index in [4.69, 9.17) is 14.2 Å². The number of para-hydroxylation sites is 1. The minimum Gasteiger partial charge on any atom is -0.493 e. The first kappa shape index (κ1) is 25.6. The maximum Gasteiger partial charge on any atom is 0.198 e. The number of aryl methyl sites for hydroxylation is 1. The Morgan fingerprint density at radius 1 is 1.21 bits per heavy atom. The second-order valence-electron chi connectivity index (χ2n) is 9.14. The van der Waals surface area contributed by atoms with Crippen LogP contribution in [0.2, 0.25) is 0 Å². The molecule has 1 fully saturated rings. The zero-order valence-electron chi connectivity index (χ0n) is 20.9. The second kappa shape index (κ2) is 10.8. The van der Waals surface area contributed by atoms with Crippen LogP contribution in [0, 0.1) is 18.6 Å². The van der Waals surface area contributed by atoms with Crippen LogP contribution < -0.4 is 14.8 Å². The molecule has 2 atom stereocenters. The van der Waals surface area contributed by atoms with Crippen LogP contribution in [0.5, 0.6) is 17.2 Å². The molecule has 1 aliphatic rings. The Hall–Kier alpha value is -4.02. The minimum atomic E-state index is -0.795. The minimum absolute atomic E-state index is 0.0406. The fourth-order valence-corrected chi connectivity index (χ4v) is 4.67. The number of ketones is 1. The number of ether oxygens (including phenoxy) is 3. The molecule has 1 aliphatic heterocycles. The molecule has 8 nitrogen and oxygen atoms in total. The maximum atomic E-state index is 15.3. The summed E-state index contributed by atoms with van der Waals surface area (Å²) in [5, 5.41) is 13.2. The van der Waals surface area contributed by atoms with Gasteiger partial charge in [0.15, 0.2) is 23.1 Å². The van der Waals surface area contributed by atoms with Crippen LogP contribution >= 0.6 is 0 Å². The molecular formula is C28H27F2N3O5. The Bertz CT molecular complexity index is 1460. The highest BCUT2D eigenvalue weighted by Gasteiger charge is 2.27. The Balaban J connectivity index is 1.50. The van der Waals surface area contributed by atoms with Gasteiger partial charge in [-0.25, -0.2) is 13.8 Å². The third-order valence-electron chi connectivity index (χ3n) is 6.61. The Kier molecular flexibility index (Phi) is 7.26. The number of H-pyrrole nitrogens is 1. The molecule has 0 bridgehead atoms. The molecule has 4 aromatic rings. The van der Waals surface area contributed by atoms with E-state index >= 15 is 4.39 Å². The molecule has 5 rings (SSSR count). The summed E-state index contributed by atoms with van der Waals surface area (Å²) in [5.74, 6) is -1.49. The number of benzene rings is 2. The van der Waals surface area contributed by atoms with Gasteiger partial charge in [0.05, 0.1) is 54.8 Å². The lowest BCUT2D eigenvalue weighted by molar-refractivity contribution is -0.0223. The van der Waals surface area contributed by atoms with E-state index < -0.39 is 17.4 Å². The van der Waals surface area contributed by atoms with E-state index in [1.54, 1.807) is 13.0 Å². The van der Waals surface area contributed by atoms with E-state index in [0.717, 1.165) is 12.5 Å². The zero-order chi connectivity index (χ0) is 26.8. The molecule has 0 amide bonds. The summed E-state index contributed by atoms with van der Waals surface area (Å²) in [5.41, 5.74) is 1.38. The number of carbonyl (C=O) groups excluding carboxylic acids is 1. The quantitative estimate of drug-likeness (QED) is 0.275. The Morgan fingerprint density at radius 2 is 2.03 bits per heavy atom. The van der Waals surface area contributed by atoms with Gasteiger partial charge in [-0.2, -0.15) is 0 Å². The highest BCUT2D eigenvalue weighted by Crippen LogP contribution is 2.37. The summed E-state index contributed by atoms with van der Waals surface area (Å²) in [4.78, 5) is 21.1. The lowest BCUT2D eigenvalue weighted by atomic mass is 9.97. The predicted octanol–water partition coefficient (Wildman–Crippen LogP) is 5.13. The van der Waals surface area contributed by atoms with Gasteiger partial charge in [-0.15, -0.1) is 0 Å². The van der Waals surface area contributed by atoms with Crippen molar-refractivity contribution in [3.63, 3.8) is 0 Å². The molecule has 10 heteroatoms. The molecular weight excluding hydrogens is 496 g/mol. The van der Waals surface area contributed by atoms with E-state index in [-0.39, 0.29) is 41.4 Å². The fourth-order valence-electron chi connectivity index (χ4n) is 4.67. The molecule has 3 heterocycles. The largest absolute Gasteiger partial charge is 0.493 e. The van der Waals surface area contributed by atoms with Gasteiger partial charge in [0.25, 0.3) is 0 Å². The number of carbonyl (C=O) groups is 1. The summed E-state index contributed by atoms with van der Waals surface area (Å²) < 4.78 is 46.1. The van der Waals surface area contributed by atoms with Gasteiger partial charge in [-0.05, 0) is 43.5 Å². The topological polar surface area (TPSA) is 106 Å². The van der Waals surface area contributed by atoms with Gasteiger partial charge in [-0.3, -0.25) is 4.79 Å². The van der Waals surface area contributed by atoms with Crippen LogP contribution in [0.3, 0.4) is 0 Å². The van der Waals surface area contributed by atoms with Crippen molar-refractivity contribution in [1.29, 1.82) is 0 Å². The summed E-state index contributed by atoms with van der Waals surface area (Å²) in [6.07, 6.45) is 4.24. The van der Waals surface area contributed by atoms with Gasteiger partial charge in [0.2, 0.25) is 0 Å². The molecule has 0 saturated carbocycles. The molecule has 0 spiro atoms. The average molecular weight is 524 g/mol. The number of pyridine rings is 1. The number of halogens is 2. The van der Waals surface area contributed by atoms with Crippen LogP contribution in [-0.4, -0.2) is 53.3 Å². The van der Waals surface area contributed by atoms with Crippen molar-refractivity contribution in [2.24, 2.45) is 0 Å². The molecule has 198 valence electrons. The van der Waals surface area contributed by atoms with Crippen LogP contribution in [0.25, 0.3) is 11.0 Å². The number of nitrogens with zero attached hydrogens (tertiary/aromatic N) is 1. The molecule has 2 aromatic heterocycles. The monoisotopic (exact) mass is 523 g/mol. The summed E-state index contributed by atoms with van der Waals surface area (Å²) in [6, 6.07) is 8.27. The van der Waals surface area contributed by atoms with Crippen molar-refractivity contribution in [2.75, 3.05) is 25.6 Å². The highest BCUT2D eigenvalue weighted by molar-refractivity contribution is 6.19. The smallest absolute Gasteiger partial charge is 0.198 e. The van der Waals surface area contributed by atoms with Gasteiger partial charge in [-0.1, -0.05) is 12.1 Å². The number of nitrogens with one attached hydrogen (secondary N) is 2. The van der Waals surface area contributed by atoms with Crippen molar-refractivity contribution in [2.45, 2.75) is 31.9 Å². The summed E-state index contributed by atoms with van der Waals surface area (Å²) in [6.45, 7) is 1.92. The summed E-state index contributed by atoms with van der Waals surface area (Å²) in [7, 11) is 1.50. The van der Waals surface area contributed by atoms with E-state index in [2.05, 4.69) is 15.3 Å². The third kappa shape index (κ3) is 4.92. The molecule has 0 unspecified atom stereocenters. The predicted molar refractivity (Wildman–Crippen MR) is 137 cm³/mol. The first-order chi connectivity index (χ1) is 18.4. The molecule has 0 radical (unpaired) electrons. The molecule has 2 aromatic carbocycles. The van der Waals surface area contributed by atoms with Crippen molar-refractivity contribution in [3.8, 4) is 17.2 Å². The average Bonchev–Trinajstić information content (AvgIpc) is 3.35. The van der Waals surface area contributed by atoms with Gasteiger partial charge in [0.1, 0.15) is 17.2 Å². The number of fused-ring (bicyclic) bond motifs is 1. The Morgan fingerprint density at radius 3 is 2.71 bits per heavy atom. The number of hydrogen-bond donors (Lipinski definition) is 3. The van der Waals surface area contributed by atoms with Crippen molar-refractivity contribution in [3.05, 3.63) is 77.1 Å². The number of aliphatic hydroxyl groups excluding tert-OH is 1. The number of rotatable bonds is 8. The number of anilines is 1. The van der Waals surface area contributed by atoms with Crippen molar-refractivity contribution in [1.82, 2.24) is 9.97 Å². The number of aromatic nitrogens is 2. The number of aliphatic hydroxyl groups is 1. The standard InChI is InChI=1S/C28H27F2N3O5/c1-15-9-18(38-22-6-4-3-5-20(22)29)10-21(30)24(15)27(35)19-11-31-28-25(19)26(23(36-2)12-32-28)33-16-7-8-17(13-34)37-14-16/h3-6,9-12,16-17,34H,7-8,13-14H2,1-2H3,(H2,31,32,33)/t16-,17+/m1/s1. The number of aromatic amines is 1. The fraction of sp³-hybridized carbons (Fsp3) is 0.286. The normalized spacial score (nSPS) is 17.4. The van der Waals surface area contributed by atoms with Crippen LogP contribution in [0.15, 0.2) is 48.8 Å². The first-order valence-corrected chi connectivity index (χ1v) is 12.2. The lowest BCUT2D eigenvalue weighted by Crippen LogP contribution is -2.36. The third-order valence-corrected chi connectivity index (χ3v) is 6.61. The van der Waals surface area contributed by atoms with Crippen LogP contribution in [-0.2, 0) is 4.74 Å². The van der Waals surface area contributed by atoms with Crippen LogP contribution in [0.4, 0.5) is 14.5 Å². The summed E-state index contributed by atoms with van der Waals surface area (Å²) >= 11 is 0. The number of hydrogen-bond acceptors (Lipinski definition) is 7. The molecule has 3 N–H and O–H groups in total. The zero-order valence-corrected chi connectivity index (χ0v) is 20.9. The van der Waals surface area contributed by atoms with Crippen molar-refractivity contribution < 1.29 is 32.9 Å². The SMILES string of the molecule is COc1cnc2[nH]cc(C(=O)c3c(C)cc(Oc4ccccc4F)cc3F)c2c1N[C@@H]1CC[C@@H](CO)OC1. The van der Waals surface area contributed by atoms with Gasteiger partial charge in [0, 0.05) is 18.3 Å². The molecule has 38 heavy (non-hydrogen) atoms. The van der Waals surface area contributed by atoms with E-state index in [0.29, 0.717) is 41.1 Å². The number of methoxy groups -OCH3 is 1. The molecule has 1 saturated heterocycles. The van der Waals surface area contributed by atoms with Gasteiger partial charge < -0.3 is 29.6 Å².